The molecule has 4 rings (SSSR count). The summed E-state index contributed by atoms with van der Waals surface area (Å²) in [5.74, 6) is 1.32. The Morgan fingerprint density at radius 1 is 0.957 bits per heavy atom. The van der Waals surface area contributed by atoms with Crippen LogP contribution >= 0.6 is 0 Å². The zero-order chi connectivity index (χ0) is 16.0. The van der Waals surface area contributed by atoms with Gasteiger partial charge in [0.2, 0.25) is 0 Å². The molecule has 116 valence electrons. The van der Waals surface area contributed by atoms with Gasteiger partial charge < -0.3 is 9.84 Å². The van der Waals surface area contributed by atoms with Crippen molar-refractivity contribution in [2.45, 2.75) is 31.8 Å². The fraction of sp³-hybridized carbons (Fsp3) is 0.238. The van der Waals surface area contributed by atoms with E-state index in [-0.39, 0.29) is 17.3 Å². The lowest BCUT2D eigenvalue weighted by Crippen LogP contribution is -2.35. The monoisotopic (exact) mass is 304 g/mol. The molecule has 0 aliphatic carbocycles. The number of aromatic hydroxyl groups is 1. The molecular formula is C21H20O2. The molecule has 0 saturated heterocycles. The standard InChI is InChI=1S/C21H20O2/c1-21(2)13-19(18-10-9-17(22)12-20(18)23-21)16-8-7-14-5-3-4-6-15(14)11-16/h3-12,19,22H,13H2,1-2H3. The highest BCUT2D eigenvalue weighted by Gasteiger charge is 2.34. The van der Waals surface area contributed by atoms with Gasteiger partial charge in [-0.25, -0.2) is 0 Å². The van der Waals surface area contributed by atoms with Gasteiger partial charge in [0, 0.05) is 17.5 Å². The topological polar surface area (TPSA) is 29.5 Å². The molecule has 3 aromatic carbocycles. The molecule has 1 aliphatic rings. The second kappa shape index (κ2) is 5.02. The molecule has 0 spiro atoms. The predicted octanol–water partition coefficient (Wildman–Crippen LogP) is 5.24. The molecule has 0 aromatic heterocycles. The largest absolute Gasteiger partial charge is 0.508 e. The Morgan fingerprint density at radius 2 is 1.74 bits per heavy atom. The number of hydrogen-bond acceptors (Lipinski definition) is 2. The van der Waals surface area contributed by atoms with Crippen molar-refractivity contribution in [1.29, 1.82) is 0 Å². The van der Waals surface area contributed by atoms with E-state index >= 15 is 0 Å². The molecule has 3 aromatic rings. The Balaban J connectivity index is 1.86. The number of ether oxygens (including phenoxy) is 1. The molecule has 0 saturated carbocycles. The minimum Gasteiger partial charge on any atom is -0.508 e. The van der Waals surface area contributed by atoms with E-state index in [1.807, 2.05) is 6.07 Å². The van der Waals surface area contributed by atoms with Gasteiger partial charge in [-0.1, -0.05) is 48.5 Å². The summed E-state index contributed by atoms with van der Waals surface area (Å²) >= 11 is 0. The number of phenolic OH excluding ortho intramolecular Hbond substituents is 1. The third-order valence-corrected chi connectivity index (χ3v) is 4.63. The molecule has 0 radical (unpaired) electrons. The number of fused-ring (bicyclic) bond motifs is 2. The van der Waals surface area contributed by atoms with Gasteiger partial charge in [0.15, 0.2) is 0 Å². The van der Waals surface area contributed by atoms with E-state index in [2.05, 4.69) is 56.3 Å². The Morgan fingerprint density at radius 3 is 2.57 bits per heavy atom. The molecule has 1 unspecified atom stereocenters. The van der Waals surface area contributed by atoms with Gasteiger partial charge in [-0.05, 0) is 42.7 Å². The summed E-state index contributed by atoms with van der Waals surface area (Å²) in [6.07, 6.45) is 0.920. The quantitative estimate of drug-likeness (QED) is 0.666. The van der Waals surface area contributed by atoms with Crippen LogP contribution in [0.15, 0.2) is 60.7 Å². The van der Waals surface area contributed by atoms with Crippen LogP contribution in [0.1, 0.15) is 37.3 Å². The van der Waals surface area contributed by atoms with E-state index < -0.39 is 0 Å². The van der Waals surface area contributed by atoms with Crippen LogP contribution in [0, 0.1) is 0 Å². The SMILES string of the molecule is CC1(C)CC(c2ccc3ccccc3c2)c2ccc(O)cc2O1. The lowest BCUT2D eigenvalue weighted by atomic mass is 9.79. The van der Waals surface area contributed by atoms with Crippen molar-refractivity contribution in [3.63, 3.8) is 0 Å². The first-order valence-electron chi connectivity index (χ1n) is 8.02. The van der Waals surface area contributed by atoms with Crippen molar-refractivity contribution in [1.82, 2.24) is 0 Å². The van der Waals surface area contributed by atoms with E-state index in [0.29, 0.717) is 0 Å². The van der Waals surface area contributed by atoms with Crippen LogP contribution < -0.4 is 4.74 Å². The normalized spacial score (nSPS) is 19.1. The van der Waals surface area contributed by atoms with E-state index in [1.54, 1.807) is 12.1 Å². The number of benzene rings is 3. The van der Waals surface area contributed by atoms with Crippen molar-refractivity contribution in [2.75, 3.05) is 0 Å². The molecular weight excluding hydrogens is 284 g/mol. The minimum atomic E-state index is -0.253. The Hall–Kier alpha value is -2.48. The van der Waals surface area contributed by atoms with Crippen LogP contribution in [-0.2, 0) is 0 Å². The molecule has 1 N–H and O–H groups in total. The Kier molecular flexibility index (Phi) is 3.08. The highest BCUT2D eigenvalue weighted by atomic mass is 16.5. The molecule has 0 bridgehead atoms. The maximum absolute atomic E-state index is 9.78. The van der Waals surface area contributed by atoms with Gasteiger partial charge in [0.25, 0.3) is 0 Å². The second-order valence-corrected chi connectivity index (χ2v) is 6.95. The number of phenols is 1. The van der Waals surface area contributed by atoms with Gasteiger partial charge in [-0.15, -0.1) is 0 Å². The second-order valence-electron chi connectivity index (χ2n) is 6.95. The van der Waals surface area contributed by atoms with Crippen LogP contribution in [0.3, 0.4) is 0 Å². The molecule has 0 amide bonds. The summed E-state index contributed by atoms with van der Waals surface area (Å²) in [5, 5.41) is 12.3. The highest BCUT2D eigenvalue weighted by molar-refractivity contribution is 5.83. The van der Waals surface area contributed by atoms with Gasteiger partial charge in [-0.2, -0.15) is 0 Å². The molecule has 0 fully saturated rings. The van der Waals surface area contributed by atoms with E-state index in [9.17, 15) is 5.11 Å². The number of rotatable bonds is 1. The first kappa shape index (κ1) is 14.1. The van der Waals surface area contributed by atoms with E-state index in [4.69, 9.17) is 4.74 Å². The highest BCUT2D eigenvalue weighted by Crippen LogP contribution is 2.45. The zero-order valence-electron chi connectivity index (χ0n) is 13.4. The van der Waals surface area contributed by atoms with Crippen molar-refractivity contribution in [3.8, 4) is 11.5 Å². The van der Waals surface area contributed by atoms with Crippen molar-refractivity contribution >= 4 is 10.8 Å². The summed E-state index contributed by atoms with van der Waals surface area (Å²) in [6, 6.07) is 20.6. The van der Waals surface area contributed by atoms with Crippen LogP contribution in [0.4, 0.5) is 0 Å². The average Bonchev–Trinajstić information content (AvgIpc) is 2.52. The predicted molar refractivity (Wildman–Crippen MR) is 93.2 cm³/mol. The molecule has 23 heavy (non-hydrogen) atoms. The molecule has 1 atom stereocenters. The zero-order valence-corrected chi connectivity index (χ0v) is 13.4. The first-order chi connectivity index (χ1) is 11.0. The van der Waals surface area contributed by atoms with E-state index in [0.717, 1.165) is 17.7 Å². The fourth-order valence-electron chi connectivity index (χ4n) is 3.56. The maximum Gasteiger partial charge on any atom is 0.127 e. The van der Waals surface area contributed by atoms with Gasteiger partial charge in [-0.3, -0.25) is 0 Å². The minimum absolute atomic E-state index is 0.249. The summed E-state index contributed by atoms with van der Waals surface area (Å²) in [7, 11) is 0. The van der Waals surface area contributed by atoms with Crippen LogP contribution in [-0.4, -0.2) is 10.7 Å². The molecule has 2 nitrogen and oxygen atoms in total. The van der Waals surface area contributed by atoms with Gasteiger partial charge in [0.1, 0.15) is 17.1 Å². The lowest BCUT2D eigenvalue weighted by molar-refractivity contribution is 0.0771. The van der Waals surface area contributed by atoms with Crippen LogP contribution in [0.25, 0.3) is 10.8 Å². The summed E-state index contributed by atoms with van der Waals surface area (Å²) in [5.41, 5.74) is 2.20. The van der Waals surface area contributed by atoms with Crippen LogP contribution in [0.2, 0.25) is 0 Å². The Bertz CT molecular complexity index is 880. The smallest absolute Gasteiger partial charge is 0.127 e. The van der Waals surface area contributed by atoms with Gasteiger partial charge in [0.05, 0.1) is 0 Å². The van der Waals surface area contributed by atoms with Crippen molar-refractivity contribution < 1.29 is 9.84 Å². The molecule has 1 heterocycles. The molecule has 1 aliphatic heterocycles. The summed E-state index contributed by atoms with van der Waals surface area (Å²) in [4.78, 5) is 0. The maximum atomic E-state index is 9.78. The number of hydrogen-bond donors (Lipinski definition) is 1. The fourth-order valence-corrected chi connectivity index (χ4v) is 3.56. The summed E-state index contributed by atoms with van der Waals surface area (Å²) in [6.45, 7) is 4.21. The van der Waals surface area contributed by atoms with E-state index in [1.165, 1.54) is 16.3 Å². The first-order valence-corrected chi connectivity index (χ1v) is 8.02. The summed E-state index contributed by atoms with van der Waals surface area (Å²) < 4.78 is 6.08. The Labute approximate surface area is 136 Å². The average molecular weight is 304 g/mol. The third-order valence-electron chi connectivity index (χ3n) is 4.63. The van der Waals surface area contributed by atoms with Crippen molar-refractivity contribution in [2.24, 2.45) is 0 Å². The lowest BCUT2D eigenvalue weighted by Gasteiger charge is -2.38. The molecule has 2 heteroatoms. The van der Waals surface area contributed by atoms with Crippen LogP contribution in [0.5, 0.6) is 11.5 Å². The van der Waals surface area contributed by atoms with Gasteiger partial charge >= 0.3 is 0 Å². The third kappa shape index (κ3) is 2.55. The van der Waals surface area contributed by atoms with Crippen molar-refractivity contribution in [3.05, 3.63) is 71.8 Å².